The van der Waals surface area contributed by atoms with E-state index in [9.17, 15) is 26.4 Å². The molecule has 20 heavy (non-hydrogen) atoms. The van der Waals surface area contributed by atoms with Gasteiger partial charge in [-0.15, -0.1) is 0 Å². The predicted molar refractivity (Wildman–Crippen MR) is 66.1 cm³/mol. The average Bonchev–Trinajstić information content (AvgIpc) is 2.23. The van der Waals surface area contributed by atoms with E-state index in [-0.39, 0.29) is 12.4 Å². The Balaban J connectivity index is 2.60. The molecule has 0 spiro atoms. The summed E-state index contributed by atoms with van der Waals surface area (Å²) in [6.07, 6.45) is -1.11. The maximum Gasteiger partial charge on any atom is 0.404 e. The molecule has 0 saturated carbocycles. The first-order valence-corrected chi connectivity index (χ1v) is 6.80. The van der Waals surface area contributed by atoms with E-state index in [4.69, 9.17) is 5.73 Å². The molecule has 0 unspecified atom stereocenters. The fraction of sp³-hybridized carbons (Fsp3) is 0.333. The van der Waals surface area contributed by atoms with E-state index < -0.39 is 27.6 Å². The van der Waals surface area contributed by atoms with Gasteiger partial charge in [-0.2, -0.15) is 13.2 Å². The summed E-state index contributed by atoms with van der Waals surface area (Å²) in [6, 6.07) is 0. The number of hydrogen-bond donors (Lipinski definition) is 3. The number of nitrogens with zero attached hydrogens (tertiary/aromatic N) is 1. The van der Waals surface area contributed by atoms with Gasteiger partial charge in [0.15, 0.2) is 5.75 Å². The number of anilines is 1. The van der Waals surface area contributed by atoms with Crippen LogP contribution in [0.25, 0.3) is 6.08 Å². The fourth-order valence-electron chi connectivity index (χ4n) is 1.18. The van der Waals surface area contributed by atoms with Gasteiger partial charge >= 0.3 is 11.9 Å². The van der Waals surface area contributed by atoms with Crippen molar-refractivity contribution >= 4 is 21.9 Å². The zero-order valence-corrected chi connectivity index (χ0v) is 10.8. The van der Waals surface area contributed by atoms with Gasteiger partial charge in [0.05, 0.1) is 0 Å². The summed E-state index contributed by atoms with van der Waals surface area (Å²) in [6.45, 7) is -0.350. The van der Waals surface area contributed by atoms with E-state index in [2.05, 4.69) is 9.97 Å². The molecular weight excluding hydrogens is 301 g/mol. The number of aromatic amines is 1. The topological polar surface area (TPSA) is 118 Å². The van der Waals surface area contributed by atoms with E-state index in [1.165, 1.54) is 12.2 Å². The highest BCUT2D eigenvalue weighted by atomic mass is 32.2. The number of hydrogen-bond acceptors (Lipinski definition) is 5. The molecule has 7 nitrogen and oxygen atoms in total. The van der Waals surface area contributed by atoms with Crippen LogP contribution < -0.4 is 16.1 Å². The Morgan fingerprint density at radius 2 is 2.10 bits per heavy atom. The number of sulfonamides is 1. The smallest absolute Gasteiger partial charge is 0.385 e. The Morgan fingerprint density at radius 3 is 2.65 bits per heavy atom. The quantitative estimate of drug-likeness (QED) is 0.698. The van der Waals surface area contributed by atoms with Gasteiger partial charge in [-0.1, -0.05) is 12.2 Å². The molecule has 0 fully saturated rings. The molecule has 0 radical (unpaired) electrons. The van der Waals surface area contributed by atoms with Crippen molar-refractivity contribution in [1.29, 1.82) is 0 Å². The van der Waals surface area contributed by atoms with E-state index >= 15 is 0 Å². The predicted octanol–water partition coefficient (Wildman–Crippen LogP) is -0.153. The van der Waals surface area contributed by atoms with Crippen molar-refractivity contribution in [3.63, 3.8) is 0 Å². The highest BCUT2D eigenvalue weighted by Crippen LogP contribution is 2.16. The van der Waals surface area contributed by atoms with Crippen LogP contribution in [0.4, 0.5) is 19.0 Å². The molecule has 0 aliphatic heterocycles. The summed E-state index contributed by atoms with van der Waals surface area (Å²) in [5.74, 6) is -1.93. The van der Waals surface area contributed by atoms with Crippen molar-refractivity contribution in [2.24, 2.45) is 0 Å². The van der Waals surface area contributed by atoms with Gasteiger partial charge in [0.1, 0.15) is 5.82 Å². The van der Waals surface area contributed by atoms with Gasteiger partial charge in [-0.05, 0) is 0 Å². The minimum atomic E-state index is -4.80. The zero-order chi connectivity index (χ0) is 15.4. The van der Waals surface area contributed by atoms with Crippen LogP contribution in [-0.2, 0) is 10.0 Å². The summed E-state index contributed by atoms with van der Waals surface area (Å²) in [5, 5.41) is 0. The van der Waals surface area contributed by atoms with Gasteiger partial charge in [-0.25, -0.2) is 22.9 Å². The molecule has 1 aromatic heterocycles. The molecule has 0 aliphatic rings. The first-order chi connectivity index (χ1) is 9.09. The van der Waals surface area contributed by atoms with Crippen LogP contribution in [0.15, 0.2) is 17.1 Å². The van der Waals surface area contributed by atoms with Gasteiger partial charge < -0.3 is 5.73 Å². The van der Waals surface area contributed by atoms with E-state index in [0.717, 1.165) is 6.20 Å². The minimum absolute atomic E-state index is 0.0133. The van der Waals surface area contributed by atoms with Crippen LogP contribution in [-0.4, -0.2) is 36.9 Å². The molecule has 0 bridgehead atoms. The number of alkyl halides is 3. The Kier molecular flexibility index (Phi) is 4.89. The summed E-state index contributed by atoms with van der Waals surface area (Å²) >= 11 is 0. The highest BCUT2D eigenvalue weighted by Gasteiger charge is 2.34. The van der Waals surface area contributed by atoms with Crippen molar-refractivity contribution < 1.29 is 21.6 Å². The summed E-state index contributed by atoms with van der Waals surface area (Å²) in [5.41, 5.74) is 5.10. The number of nitrogens with one attached hydrogen (secondary N) is 2. The third kappa shape index (κ3) is 5.84. The van der Waals surface area contributed by atoms with Gasteiger partial charge in [-0.3, -0.25) is 4.98 Å². The first-order valence-electron chi connectivity index (χ1n) is 5.14. The monoisotopic (exact) mass is 312 g/mol. The second-order valence-corrected chi connectivity index (χ2v) is 5.49. The normalized spacial score (nSPS) is 12.9. The highest BCUT2D eigenvalue weighted by molar-refractivity contribution is 7.89. The molecule has 112 valence electrons. The zero-order valence-electron chi connectivity index (χ0n) is 9.94. The lowest BCUT2D eigenvalue weighted by Crippen LogP contribution is -2.33. The van der Waals surface area contributed by atoms with Crippen LogP contribution in [0.3, 0.4) is 0 Å². The van der Waals surface area contributed by atoms with Crippen LogP contribution in [0.5, 0.6) is 0 Å². The van der Waals surface area contributed by atoms with Crippen molar-refractivity contribution in [2.45, 2.75) is 6.18 Å². The van der Waals surface area contributed by atoms with Crippen LogP contribution in [0, 0.1) is 0 Å². The molecule has 0 amide bonds. The van der Waals surface area contributed by atoms with Crippen LogP contribution >= 0.6 is 0 Å². The van der Waals surface area contributed by atoms with Crippen molar-refractivity contribution in [2.75, 3.05) is 18.0 Å². The SMILES string of the molecule is Nc1[nH]c(=O)ncc1C=CCNS(=O)(=O)CC(F)(F)F. The number of nitrogens with two attached hydrogens (primary N) is 1. The molecule has 0 saturated heterocycles. The number of H-pyrrole nitrogens is 1. The van der Waals surface area contributed by atoms with Gasteiger partial charge in [0.2, 0.25) is 10.0 Å². The molecule has 1 heterocycles. The molecule has 0 atom stereocenters. The Hall–Kier alpha value is -1.88. The lowest BCUT2D eigenvalue weighted by molar-refractivity contribution is -0.106. The second-order valence-electron chi connectivity index (χ2n) is 3.68. The molecule has 0 aromatic carbocycles. The summed E-state index contributed by atoms with van der Waals surface area (Å²) in [4.78, 5) is 16.4. The summed E-state index contributed by atoms with van der Waals surface area (Å²) in [7, 11) is -4.44. The van der Waals surface area contributed by atoms with Crippen molar-refractivity contribution in [3.05, 3.63) is 28.3 Å². The van der Waals surface area contributed by atoms with Crippen LogP contribution in [0.1, 0.15) is 5.56 Å². The molecule has 4 N–H and O–H groups in total. The third-order valence-corrected chi connectivity index (χ3v) is 3.26. The maximum atomic E-state index is 11.9. The third-order valence-electron chi connectivity index (χ3n) is 1.95. The van der Waals surface area contributed by atoms with E-state index in [1.54, 1.807) is 4.72 Å². The standard InChI is InChI=1S/C9H11F3N4O3S/c10-9(11,12)5-20(18,19)15-3-1-2-6-4-14-8(17)16-7(6)13/h1-2,4,15H,3,5H2,(H3,13,14,16,17). The van der Waals surface area contributed by atoms with E-state index in [1.807, 2.05) is 0 Å². The Morgan fingerprint density at radius 1 is 1.45 bits per heavy atom. The van der Waals surface area contributed by atoms with E-state index in [0.29, 0.717) is 5.56 Å². The maximum absolute atomic E-state index is 11.9. The lowest BCUT2D eigenvalue weighted by atomic mass is 10.3. The number of nitrogen functional groups attached to an aromatic ring is 1. The minimum Gasteiger partial charge on any atom is -0.385 e. The van der Waals surface area contributed by atoms with Gasteiger partial charge in [0, 0.05) is 18.3 Å². The van der Waals surface area contributed by atoms with Crippen LogP contribution in [0.2, 0.25) is 0 Å². The lowest BCUT2D eigenvalue weighted by Gasteiger charge is -2.07. The Labute approximate surface area is 111 Å². The first kappa shape index (κ1) is 16.2. The average molecular weight is 312 g/mol. The number of aromatic nitrogens is 2. The Bertz CT molecular complexity index is 651. The molecule has 1 rings (SSSR count). The molecule has 11 heteroatoms. The largest absolute Gasteiger partial charge is 0.404 e. The van der Waals surface area contributed by atoms with Crippen molar-refractivity contribution in [3.8, 4) is 0 Å². The second kappa shape index (κ2) is 6.05. The number of rotatable bonds is 5. The van der Waals surface area contributed by atoms with Crippen molar-refractivity contribution in [1.82, 2.24) is 14.7 Å². The summed E-state index contributed by atoms with van der Waals surface area (Å²) < 4.78 is 59.5. The fourth-order valence-corrected chi connectivity index (χ4v) is 2.06. The molecule has 0 aliphatic carbocycles. The molecular formula is C9H11F3N4O3S. The molecule has 1 aromatic rings. The van der Waals surface area contributed by atoms with Gasteiger partial charge in [0.25, 0.3) is 0 Å². The number of halogens is 3.